The summed E-state index contributed by atoms with van der Waals surface area (Å²) in [5.41, 5.74) is 0. The minimum Gasteiger partial charge on any atom is -0.253 e. The van der Waals surface area contributed by atoms with Gasteiger partial charge < -0.3 is 0 Å². The molecule has 0 aliphatic rings. The Morgan fingerprint density at radius 3 is 2.69 bits per heavy atom. The molecule has 0 aliphatic heterocycles. The average molecular weight is 197 g/mol. The van der Waals surface area contributed by atoms with Gasteiger partial charge >= 0.3 is 0 Å². The van der Waals surface area contributed by atoms with E-state index in [4.69, 9.17) is 5.26 Å². The quantitative estimate of drug-likeness (QED) is 0.725. The van der Waals surface area contributed by atoms with Crippen molar-refractivity contribution in [2.45, 2.75) is 17.1 Å². The maximum Gasteiger partial charge on any atom is 0.139 e. The fraction of sp³-hybridized carbons (Fsp3) is 0.222. The van der Waals surface area contributed by atoms with E-state index in [0.717, 1.165) is 0 Å². The molecule has 0 aromatic heterocycles. The summed E-state index contributed by atoms with van der Waals surface area (Å²) in [5, 5.41) is 7.81. The molecule has 4 heteroatoms. The lowest BCUT2D eigenvalue weighted by molar-refractivity contribution is 0.594. The molecule has 0 amide bonds. The van der Waals surface area contributed by atoms with Crippen LogP contribution in [0.3, 0.4) is 0 Å². The standard InChI is InChI=1S/C9H8FNOS/c1-7(6-11)13(12)9-5-3-2-4-8(9)10/h2-5,7H,1H3. The SMILES string of the molecule is CC(C#N)S(=O)c1ccccc1F. The highest BCUT2D eigenvalue weighted by molar-refractivity contribution is 7.86. The maximum absolute atomic E-state index is 13.0. The highest BCUT2D eigenvalue weighted by Gasteiger charge is 2.15. The van der Waals surface area contributed by atoms with Crippen LogP contribution in [0.4, 0.5) is 4.39 Å². The van der Waals surface area contributed by atoms with Crippen LogP contribution in [-0.2, 0) is 10.8 Å². The summed E-state index contributed by atoms with van der Waals surface area (Å²) in [7, 11) is -1.58. The zero-order valence-electron chi connectivity index (χ0n) is 7.03. The molecular weight excluding hydrogens is 189 g/mol. The lowest BCUT2D eigenvalue weighted by Gasteiger charge is -2.03. The molecule has 2 nitrogen and oxygen atoms in total. The summed E-state index contributed by atoms with van der Waals surface area (Å²) in [6.07, 6.45) is 0. The second-order valence-corrected chi connectivity index (χ2v) is 4.24. The Morgan fingerprint density at radius 1 is 1.54 bits per heavy atom. The number of nitrogens with zero attached hydrogens (tertiary/aromatic N) is 1. The number of halogens is 1. The number of hydrogen-bond acceptors (Lipinski definition) is 2. The monoisotopic (exact) mass is 197 g/mol. The molecule has 2 unspecified atom stereocenters. The fourth-order valence-corrected chi connectivity index (χ4v) is 1.80. The first-order valence-electron chi connectivity index (χ1n) is 3.71. The zero-order valence-corrected chi connectivity index (χ0v) is 7.84. The number of nitriles is 1. The van der Waals surface area contributed by atoms with Crippen molar-refractivity contribution in [2.24, 2.45) is 0 Å². The van der Waals surface area contributed by atoms with Crippen molar-refractivity contribution in [3.63, 3.8) is 0 Å². The Labute approximate surface area is 78.5 Å². The van der Waals surface area contributed by atoms with Crippen molar-refractivity contribution in [3.05, 3.63) is 30.1 Å². The summed E-state index contributed by atoms with van der Waals surface area (Å²) in [6.45, 7) is 1.50. The third-order valence-electron chi connectivity index (χ3n) is 1.56. The molecule has 0 bridgehead atoms. The maximum atomic E-state index is 13.0. The summed E-state index contributed by atoms with van der Waals surface area (Å²) in [4.78, 5) is 0.0940. The first kappa shape index (κ1) is 9.87. The predicted octanol–water partition coefficient (Wildman–Crippen LogP) is 1.85. The molecule has 0 radical (unpaired) electrons. The summed E-state index contributed by atoms with van der Waals surface area (Å²) in [5.74, 6) is -0.525. The minimum atomic E-state index is -1.58. The van der Waals surface area contributed by atoms with Gasteiger partial charge in [0.05, 0.1) is 21.8 Å². The van der Waals surface area contributed by atoms with E-state index in [2.05, 4.69) is 0 Å². The molecule has 0 aliphatic carbocycles. The van der Waals surface area contributed by atoms with Gasteiger partial charge in [0.2, 0.25) is 0 Å². The van der Waals surface area contributed by atoms with Crippen LogP contribution in [0.2, 0.25) is 0 Å². The third-order valence-corrected chi connectivity index (χ3v) is 3.07. The average Bonchev–Trinajstić information content (AvgIpc) is 2.16. The van der Waals surface area contributed by atoms with E-state index >= 15 is 0 Å². The van der Waals surface area contributed by atoms with Gasteiger partial charge in [-0.3, -0.25) is 4.21 Å². The minimum absolute atomic E-state index is 0.0940. The molecule has 68 valence electrons. The first-order chi connectivity index (χ1) is 6.16. The van der Waals surface area contributed by atoms with Gasteiger partial charge in [0.25, 0.3) is 0 Å². The van der Waals surface area contributed by atoms with E-state index in [0.29, 0.717) is 0 Å². The van der Waals surface area contributed by atoms with Crippen molar-refractivity contribution >= 4 is 10.8 Å². The van der Waals surface area contributed by atoms with Crippen LogP contribution in [-0.4, -0.2) is 9.46 Å². The third kappa shape index (κ3) is 2.13. The van der Waals surface area contributed by atoms with Crippen LogP contribution in [0.1, 0.15) is 6.92 Å². The Balaban J connectivity index is 3.04. The van der Waals surface area contributed by atoms with Gasteiger partial charge in [-0.25, -0.2) is 4.39 Å². The normalized spacial score (nSPS) is 14.5. The topological polar surface area (TPSA) is 40.9 Å². The second kappa shape index (κ2) is 4.15. The molecule has 13 heavy (non-hydrogen) atoms. The highest BCUT2D eigenvalue weighted by Crippen LogP contribution is 2.14. The van der Waals surface area contributed by atoms with Crippen LogP contribution >= 0.6 is 0 Å². The lowest BCUT2D eigenvalue weighted by Crippen LogP contribution is -2.09. The Morgan fingerprint density at radius 2 is 2.15 bits per heavy atom. The molecule has 0 N–H and O–H groups in total. The molecular formula is C9H8FNOS. The molecule has 1 aromatic rings. The van der Waals surface area contributed by atoms with Crippen LogP contribution < -0.4 is 0 Å². The summed E-state index contributed by atoms with van der Waals surface area (Å²) >= 11 is 0. The van der Waals surface area contributed by atoms with Gasteiger partial charge in [-0.15, -0.1) is 0 Å². The van der Waals surface area contributed by atoms with Gasteiger partial charge in [-0.2, -0.15) is 5.26 Å². The van der Waals surface area contributed by atoms with Crippen LogP contribution in [0.5, 0.6) is 0 Å². The molecule has 0 spiro atoms. The van der Waals surface area contributed by atoms with Crippen LogP contribution in [0, 0.1) is 17.1 Å². The molecule has 0 saturated carbocycles. The van der Waals surface area contributed by atoms with Gasteiger partial charge in [-0.05, 0) is 19.1 Å². The van der Waals surface area contributed by atoms with Crippen molar-refractivity contribution < 1.29 is 8.60 Å². The number of hydrogen-bond donors (Lipinski definition) is 0. The Bertz CT molecular complexity index is 372. The van der Waals surface area contributed by atoms with Gasteiger partial charge in [-0.1, -0.05) is 12.1 Å². The van der Waals surface area contributed by atoms with Crippen molar-refractivity contribution in [2.75, 3.05) is 0 Å². The molecule has 1 aromatic carbocycles. The summed E-state index contributed by atoms with van der Waals surface area (Å²) < 4.78 is 24.5. The van der Waals surface area contributed by atoms with Crippen LogP contribution in [0.25, 0.3) is 0 Å². The van der Waals surface area contributed by atoms with Gasteiger partial charge in [0.15, 0.2) is 0 Å². The van der Waals surface area contributed by atoms with E-state index in [9.17, 15) is 8.60 Å². The van der Waals surface area contributed by atoms with E-state index in [1.807, 2.05) is 6.07 Å². The molecule has 0 saturated heterocycles. The highest BCUT2D eigenvalue weighted by atomic mass is 32.2. The van der Waals surface area contributed by atoms with Crippen molar-refractivity contribution in [3.8, 4) is 6.07 Å². The van der Waals surface area contributed by atoms with Gasteiger partial charge in [0, 0.05) is 0 Å². The van der Waals surface area contributed by atoms with E-state index in [1.54, 1.807) is 6.07 Å². The molecule has 1 rings (SSSR count). The van der Waals surface area contributed by atoms with E-state index in [1.165, 1.54) is 25.1 Å². The van der Waals surface area contributed by atoms with Crippen molar-refractivity contribution in [1.29, 1.82) is 5.26 Å². The molecule has 0 heterocycles. The Kier molecular flexibility index (Phi) is 3.15. The number of benzene rings is 1. The van der Waals surface area contributed by atoms with Gasteiger partial charge in [0.1, 0.15) is 11.1 Å². The van der Waals surface area contributed by atoms with E-state index < -0.39 is 21.9 Å². The lowest BCUT2D eigenvalue weighted by atomic mass is 10.3. The Hall–Kier alpha value is -1.21. The predicted molar refractivity (Wildman–Crippen MR) is 47.9 cm³/mol. The zero-order chi connectivity index (χ0) is 9.84. The smallest absolute Gasteiger partial charge is 0.139 e. The largest absolute Gasteiger partial charge is 0.253 e. The van der Waals surface area contributed by atoms with E-state index in [-0.39, 0.29) is 4.90 Å². The second-order valence-electron chi connectivity index (χ2n) is 2.50. The first-order valence-corrected chi connectivity index (χ1v) is 4.93. The molecule has 2 atom stereocenters. The van der Waals surface area contributed by atoms with Crippen LogP contribution in [0.15, 0.2) is 29.2 Å². The molecule has 0 fully saturated rings. The van der Waals surface area contributed by atoms with Crippen molar-refractivity contribution in [1.82, 2.24) is 0 Å². The fourth-order valence-electron chi connectivity index (χ4n) is 0.846. The summed E-state index contributed by atoms with van der Waals surface area (Å²) in [6, 6.07) is 7.61. The number of rotatable bonds is 2.